The van der Waals surface area contributed by atoms with Crippen LogP contribution in [-0.4, -0.2) is 28.5 Å². The highest BCUT2D eigenvalue weighted by molar-refractivity contribution is 7.09. The van der Waals surface area contributed by atoms with Gasteiger partial charge in [-0.05, 0) is 19.4 Å². The van der Waals surface area contributed by atoms with Crippen LogP contribution in [0.2, 0.25) is 0 Å². The third-order valence-electron chi connectivity index (χ3n) is 4.12. The molecule has 0 saturated heterocycles. The van der Waals surface area contributed by atoms with Crippen molar-refractivity contribution in [2.45, 2.75) is 78.0 Å². The second kappa shape index (κ2) is 8.11. The van der Waals surface area contributed by atoms with Crippen LogP contribution in [0.1, 0.15) is 63.6 Å². The van der Waals surface area contributed by atoms with E-state index in [0.717, 1.165) is 25.7 Å². The maximum absolute atomic E-state index is 4.78. The van der Waals surface area contributed by atoms with E-state index in [1.807, 2.05) is 0 Å². The first kappa shape index (κ1) is 15.9. The first-order valence-corrected chi connectivity index (χ1v) is 8.97. The van der Waals surface area contributed by atoms with Crippen molar-refractivity contribution in [3.8, 4) is 0 Å². The molecule has 1 aromatic heterocycles. The van der Waals surface area contributed by atoms with Crippen LogP contribution in [-0.2, 0) is 13.1 Å². The van der Waals surface area contributed by atoms with Gasteiger partial charge in [0.15, 0.2) is 0 Å². The number of aromatic nitrogens is 1. The minimum absolute atomic E-state index is 0.525. The highest BCUT2D eigenvalue weighted by atomic mass is 32.1. The van der Waals surface area contributed by atoms with E-state index in [1.165, 1.54) is 42.8 Å². The van der Waals surface area contributed by atoms with Gasteiger partial charge in [0.2, 0.25) is 0 Å². The Balaban J connectivity index is 1.87. The van der Waals surface area contributed by atoms with Crippen LogP contribution in [0.5, 0.6) is 0 Å². The Hall–Kier alpha value is -0.450. The summed E-state index contributed by atoms with van der Waals surface area (Å²) in [5.74, 6) is 0. The van der Waals surface area contributed by atoms with Crippen molar-refractivity contribution in [2.24, 2.45) is 0 Å². The highest BCUT2D eigenvalue weighted by Gasteiger charge is 2.20. The summed E-state index contributed by atoms with van der Waals surface area (Å²) in [5, 5.41) is 6.90. The van der Waals surface area contributed by atoms with Gasteiger partial charge in [-0.3, -0.25) is 4.90 Å². The summed E-state index contributed by atoms with van der Waals surface area (Å²) in [5.41, 5.74) is 1.25. The Kier molecular flexibility index (Phi) is 6.46. The summed E-state index contributed by atoms with van der Waals surface area (Å²) in [6, 6.07) is 1.31. The molecular formula is C16H29N3S. The van der Waals surface area contributed by atoms with Crippen LogP contribution >= 0.6 is 11.3 Å². The largest absolute Gasteiger partial charge is 0.308 e. The van der Waals surface area contributed by atoms with Crippen molar-refractivity contribution in [1.82, 2.24) is 15.2 Å². The predicted molar refractivity (Wildman–Crippen MR) is 87.0 cm³/mol. The molecule has 1 aliphatic rings. The Morgan fingerprint density at radius 2 is 2.10 bits per heavy atom. The topological polar surface area (TPSA) is 28.2 Å². The van der Waals surface area contributed by atoms with E-state index < -0.39 is 0 Å². The second-order valence-electron chi connectivity index (χ2n) is 6.12. The molecule has 0 unspecified atom stereocenters. The van der Waals surface area contributed by atoms with Crippen molar-refractivity contribution in [3.05, 3.63) is 16.1 Å². The minimum Gasteiger partial charge on any atom is -0.308 e. The molecule has 1 saturated carbocycles. The summed E-state index contributed by atoms with van der Waals surface area (Å²) in [7, 11) is 0. The van der Waals surface area contributed by atoms with Crippen LogP contribution in [0.4, 0.5) is 0 Å². The smallest absolute Gasteiger partial charge is 0.107 e. The van der Waals surface area contributed by atoms with E-state index in [1.54, 1.807) is 11.3 Å². The van der Waals surface area contributed by atoms with E-state index in [9.17, 15) is 0 Å². The lowest BCUT2D eigenvalue weighted by Gasteiger charge is -2.33. The Bertz CT molecular complexity index is 383. The van der Waals surface area contributed by atoms with Crippen molar-refractivity contribution in [2.75, 3.05) is 6.54 Å². The molecule has 1 aliphatic carbocycles. The molecule has 2 rings (SSSR count). The third kappa shape index (κ3) is 4.83. The number of thiazole rings is 1. The normalized spacial score (nSPS) is 17.2. The number of nitrogens with one attached hydrogen (secondary N) is 1. The van der Waals surface area contributed by atoms with Gasteiger partial charge in [0.25, 0.3) is 0 Å². The zero-order chi connectivity index (χ0) is 14.4. The average molecular weight is 295 g/mol. The van der Waals surface area contributed by atoms with E-state index >= 15 is 0 Å². The Morgan fingerprint density at radius 3 is 2.75 bits per heavy atom. The molecule has 114 valence electrons. The summed E-state index contributed by atoms with van der Waals surface area (Å²) >= 11 is 1.79. The van der Waals surface area contributed by atoms with Gasteiger partial charge in [-0.1, -0.05) is 40.0 Å². The molecule has 0 spiro atoms. The quantitative estimate of drug-likeness (QED) is 0.829. The molecule has 1 heterocycles. The standard InChI is InChI=1S/C16H29N3S/c1-4-19(15-8-6-5-7-9-15)11-14-12-20-16(18-14)10-17-13(2)3/h12-13,15,17H,4-11H2,1-3H3. The molecule has 1 N–H and O–H groups in total. The molecule has 4 heteroatoms. The van der Waals surface area contributed by atoms with E-state index in [2.05, 4.69) is 36.4 Å². The van der Waals surface area contributed by atoms with Crippen molar-refractivity contribution < 1.29 is 0 Å². The van der Waals surface area contributed by atoms with E-state index in [4.69, 9.17) is 4.98 Å². The molecule has 0 atom stereocenters. The van der Waals surface area contributed by atoms with Crippen molar-refractivity contribution >= 4 is 11.3 Å². The van der Waals surface area contributed by atoms with Crippen LogP contribution in [0, 0.1) is 0 Å². The van der Waals surface area contributed by atoms with Gasteiger partial charge in [-0.25, -0.2) is 4.98 Å². The summed E-state index contributed by atoms with van der Waals surface area (Å²) in [4.78, 5) is 7.40. The summed E-state index contributed by atoms with van der Waals surface area (Å²) < 4.78 is 0. The molecule has 0 aromatic carbocycles. The average Bonchev–Trinajstić information content (AvgIpc) is 2.91. The number of hydrogen-bond acceptors (Lipinski definition) is 4. The Morgan fingerprint density at radius 1 is 1.35 bits per heavy atom. The molecule has 0 bridgehead atoms. The molecule has 0 radical (unpaired) electrons. The lowest BCUT2D eigenvalue weighted by atomic mass is 9.94. The van der Waals surface area contributed by atoms with Crippen LogP contribution in [0.25, 0.3) is 0 Å². The first-order valence-electron chi connectivity index (χ1n) is 8.09. The number of hydrogen-bond donors (Lipinski definition) is 1. The molecule has 1 aromatic rings. The van der Waals surface area contributed by atoms with Gasteiger partial charge in [-0.15, -0.1) is 11.3 Å². The van der Waals surface area contributed by atoms with Crippen LogP contribution in [0.3, 0.4) is 0 Å². The van der Waals surface area contributed by atoms with Crippen LogP contribution in [0.15, 0.2) is 5.38 Å². The maximum atomic E-state index is 4.78. The van der Waals surface area contributed by atoms with Crippen molar-refractivity contribution in [1.29, 1.82) is 0 Å². The fourth-order valence-corrected chi connectivity index (χ4v) is 3.68. The monoisotopic (exact) mass is 295 g/mol. The fourth-order valence-electron chi connectivity index (χ4n) is 2.95. The highest BCUT2D eigenvalue weighted by Crippen LogP contribution is 2.24. The molecule has 1 fully saturated rings. The van der Waals surface area contributed by atoms with Gasteiger partial charge in [0, 0.05) is 30.6 Å². The number of nitrogens with zero attached hydrogens (tertiary/aromatic N) is 2. The second-order valence-corrected chi connectivity index (χ2v) is 7.07. The zero-order valence-corrected chi connectivity index (χ0v) is 14.0. The lowest BCUT2D eigenvalue weighted by molar-refractivity contribution is 0.154. The molecule has 0 aliphatic heterocycles. The van der Waals surface area contributed by atoms with E-state index in [-0.39, 0.29) is 0 Å². The first-order chi connectivity index (χ1) is 9.69. The Labute approximate surface area is 127 Å². The van der Waals surface area contributed by atoms with E-state index in [0.29, 0.717) is 6.04 Å². The zero-order valence-electron chi connectivity index (χ0n) is 13.2. The third-order valence-corrected chi connectivity index (χ3v) is 5.02. The molecule has 0 amide bonds. The van der Waals surface area contributed by atoms with Gasteiger partial charge < -0.3 is 5.32 Å². The van der Waals surface area contributed by atoms with Gasteiger partial charge in [0.05, 0.1) is 5.69 Å². The van der Waals surface area contributed by atoms with Crippen molar-refractivity contribution in [3.63, 3.8) is 0 Å². The minimum atomic E-state index is 0.525. The fraction of sp³-hybridized carbons (Fsp3) is 0.812. The summed E-state index contributed by atoms with van der Waals surface area (Å²) in [6.45, 7) is 9.70. The van der Waals surface area contributed by atoms with Gasteiger partial charge >= 0.3 is 0 Å². The molecule has 3 nitrogen and oxygen atoms in total. The van der Waals surface area contributed by atoms with Gasteiger partial charge in [0.1, 0.15) is 5.01 Å². The predicted octanol–water partition coefficient (Wildman–Crippen LogP) is 3.80. The SMILES string of the molecule is CCN(Cc1csc(CNC(C)C)n1)C1CCCCC1. The molecular weight excluding hydrogens is 266 g/mol. The number of rotatable bonds is 7. The summed E-state index contributed by atoms with van der Waals surface area (Å²) in [6.07, 6.45) is 6.98. The van der Waals surface area contributed by atoms with Gasteiger partial charge in [-0.2, -0.15) is 0 Å². The maximum Gasteiger partial charge on any atom is 0.107 e. The van der Waals surface area contributed by atoms with Crippen LogP contribution < -0.4 is 5.32 Å². The molecule has 20 heavy (non-hydrogen) atoms. The lowest BCUT2D eigenvalue weighted by Crippen LogP contribution is -2.36.